The van der Waals surface area contributed by atoms with E-state index < -0.39 is 6.10 Å². The molecule has 0 spiro atoms. The molecule has 1 aromatic rings. The van der Waals surface area contributed by atoms with E-state index in [1.807, 2.05) is 12.1 Å². The van der Waals surface area contributed by atoms with Crippen molar-refractivity contribution >= 4 is 12.4 Å². The highest BCUT2D eigenvalue weighted by Crippen LogP contribution is 2.24. The molecule has 2 atom stereocenters. The van der Waals surface area contributed by atoms with Gasteiger partial charge in [-0.1, -0.05) is 39.3 Å². The number of rotatable bonds is 5. The summed E-state index contributed by atoms with van der Waals surface area (Å²) in [5, 5.41) is 10.2. The number of piperidine rings is 1. The molecule has 1 aromatic carbocycles. The second-order valence-corrected chi connectivity index (χ2v) is 7.58. The molecule has 1 aliphatic heterocycles. The Morgan fingerprint density at radius 1 is 1.22 bits per heavy atom. The molecule has 0 bridgehead atoms. The van der Waals surface area contributed by atoms with Crippen LogP contribution >= 0.6 is 12.4 Å². The molecule has 1 fully saturated rings. The van der Waals surface area contributed by atoms with E-state index in [0.29, 0.717) is 19.2 Å². The van der Waals surface area contributed by atoms with Crippen molar-refractivity contribution in [2.24, 2.45) is 0 Å². The van der Waals surface area contributed by atoms with Gasteiger partial charge in [0.05, 0.1) is 0 Å². The third kappa shape index (κ3) is 6.33. The molecular formula is C19H32ClNO2. The lowest BCUT2D eigenvalue weighted by Gasteiger charge is -2.34. The number of hydrogen-bond acceptors (Lipinski definition) is 3. The maximum Gasteiger partial charge on any atom is 0.119 e. The molecule has 0 amide bonds. The van der Waals surface area contributed by atoms with Gasteiger partial charge in [-0.3, -0.25) is 4.90 Å². The first kappa shape index (κ1) is 20.3. The fraction of sp³-hybridized carbons (Fsp3) is 0.684. The first-order chi connectivity index (χ1) is 10.4. The van der Waals surface area contributed by atoms with Crippen LogP contribution in [0, 0.1) is 0 Å². The summed E-state index contributed by atoms with van der Waals surface area (Å²) in [5.74, 6) is 0.832. The first-order valence-electron chi connectivity index (χ1n) is 8.52. The molecule has 2 unspecified atom stereocenters. The van der Waals surface area contributed by atoms with E-state index >= 15 is 0 Å². The van der Waals surface area contributed by atoms with Crippen molar-refractivity contribution < 1.29 is 9.84 Å². The summed E-state index contributed by atoms with van der Waals surface area (Å²) < 4.78 is 5.74. The molecule has 23 heavy (non-hydrogen) atoms. The molecule has 0 saturated carbocycles. The van der Waals surface area contributed by atoms with Crippen LogP contribution in [0.25, 0.3) is 0 Å². The van der Waals surface area contributed by atoms with E-state index in [4.69, 9.17) is 4.74 Å². The molecule has 1 N–H and O–H groups in total. The Hall–Kier alpha value is -0.770. The van der Waals surface area contributed by atoms with Crippen LogP contribution in [0.5, 0.6) is 5.75 Å². The highest BCUT2D eigenvalue weighted by Gasteiger charge is 2.21. The minimum atomic E-state index is -0.428. The number of β-amino-alcohol motifs (C(OH)–C–C–N with tert-alkyl or cyclic N) is 1. The summed E-state index contributed by atoms with van der Waals surface area (Å²) >= 11 is 0. The average Bonchev–Trinajstić information content (AvgIpc) is 2.47. The van der Waals surface area contributed by atoms with Crippen molar-refractivity contribution in [1.29, 1.82) is 0 Å². The molecule has 1 saturated heterocycles. The largest absolute Gasteiger partial charge is 0.491 e. The Labute approximate surface area is 147 Å². The van der Waals surface area contributed by atoms with Crippen molar-refractivity contribution in [2.75, 3.05) is 19.7 Å². The molecule has 0 aliphatic carbocycles. The van der Waals surface area contributed by atoms with Gasteiger partial charge in [0.25, 0.3) is 0 Å². The average molecular weight is 342 g/mol. The predicted octanol–water partition coefficient (Wildman–Crippen LogP) is 4.02. The van der Waals surface area contributed by atoms with Crippen molar-refractivity contribution in [3.05, 3.63) is 29.8 Å². The number of aliphatic hydroxyl groups excluding tert-OH is 1. The maximum absolute atomic E-state index is 10.2. The fourth-order valence-corrected chi connectivity index (χ4v) is 3.00. The van der Waals surface area contributed by atoms with Gasteiger partial charge in [0, 0.05) is 12.6 Å². The lowest BCUT2D eigenvalue weighted by atomic mass is 9.87. The predicted molar refractivity (Wildman–Crippen MR) is 98.8 cm³/mol. The summed E-state index contributed by atoms with van der Waals surface area (Å²) in [7, 11) is 0. The normalized spacial score (nSPS) is 20.7. The zero-order valence-corrected chi connectivity index (χ0v) is 15.7. The third-order valence-corrected chi connectivity index (χ3v) is 4.55. The van der Waals surface area contributed by atoms with Gasteiger partial charge in [0.2, 0.25) is 0 Å². The first-order valence-corrected chi connectivity index (χ1v) is 8.52. The van der Waals surface area contributed by atoms with Crippen molar-refractivity contribution in [3.63, 3.8) is 0 Å². The van der Waals surface area contributed by atoms with Gasteiger partial charge in [-0.05, 0) is 49.4 Å². The van der Waals surface area contributed by atoms with Gasteiger partial charge >= 0.3 is 0 Å². The van der Waals surface area contributed by atoms with Crippen LogP contribution in [0.15, 0.2) is 24.3 Å². The standard InChI is InChI=1S/C19H31NO2.ClH/c1-15-7-5-6-12-20(15)13-17(21)14-22-18-10-8-16(9-11-18)19(2,3)4;/h8-11,15,17,21H,5-7,12-14H2,1-4H3;1H. The number of halogens is 1. The monoisotopic (exact) mass is 341 g/mol. The van der Waals surface area contributed by atoms with Crippen LogP contribution in [-0.4, -0.2) is 41.8 Å². The van der Waals surface area contributed by atoms with Crippen LogP contribution in [0.3, 0.4) is 0 Å². The van der Waals surface area contributed by atoms with E-state index in [-0.39, 0.29) is 17.8 Å². The molecular weight excluding hydrogens is 310 g/mol. The molecule has 1 heterocycles. The molecule has 132 valence electrons. The summed E-state index contributed by atoms with van der Waals surface area (Å²) in [6.45, 7) is 11.0. The number of ether oxygens (including phenoxy) is 1. The maximum atomic E-state index is 10.2. The van der Waals surface area contributed by atoms with E-state index in [1.165, 1.54) is 24.8 Å². The summed E-state index contributed by atoms with van der Waals surface area (Å²) in [6, 6.07) is 8.78. The number of likely N-dealkylation sites (tertiary alicyclic amines) is 1. The van der Waals surface area contributed by atoms with Crippen molar-refractivity contribution in [1.82, 2.24) is 4.90 Å². The topological polar surface area (TPSA) is 32.7 Å². The van der Waals surface area contributed by atoms with Gasteiger partial charge in [0.15, 0.2) is 0 Å². The number of benzene rings is 1. The van der Waals surface area contributed by atoms with Gasteiger partial charge in [-0.15, -0.1) is 12.4 Å². The SMILES string of the molecule is CC1CCCCN1CC(O)COc1ccc(C(C)(C)C)cc1.Cl. The smallest absolute Gasteiger partial charge is 0.119 e. The van der Waals surface area contributed by atoms with Crippen LogP contribution in [0.1, 0.15) is 52.5 Å². The summed E-state index contributed by atoms with van der Waals surface area (Å²) in [4.78, 5) is 2.38. The zero-order valence-electron chi connectivity index (χ0n) is 14.9. The van der Waals surface area contributed by atoms with E-state index in [1.54, 1.807) is 0 Å². The van der Waals surface area contributed by atoms with Crippen LogP contribution < -0.4 is 4.74 Å². The Bertz CT molecular complexity index is 455. The van der Waals surface area contributed by atoms with Gasteiger partial charge in [-0.2, -0.15) is 0 Å². The Balaban J connectivity index is 0.00000264. The summed E-state index contributed by atoms with van der Waals surface area (Å²) in [5.41, 5.74) is 1.45. The third-order valence-electron chi connectivity index (χ3n) is 4.55. The molecule has 1 aliphatic rings. The van der Waals surface area contributed by atoms with Crippen molar-refractivity contribution in [2.45, 2.75) is 64.5 Å². The van der Waals surface area contributed by atoms with Gasteiger partial charge in [0.1, 0.15) is 18.5 Å². The van der Waals surface area contributed by atoms with Gasteiger partial charge in [-0.25, -0.2) is 0 Å². The Kier molecular flexibility index (Phi) is 7.85. The lowest BCUT2D eigenvalue weighted by molar-refractivity contribution is 0.0438. The Morgan fingerprint density at radius 3 is 2.43 bits per heavy atom. The quantitative estimate of drug-likeness (QED) is 0.878. The minimum absolute atomic E-state index is 0. The molecule has 2 rings (SSSR count). The summed E-state index contributed by atoms with van der Waals surface area (Å²) in [6.07, 6.45) is 3.36. The van der Waals surface area contributed by atoms with E-state index in [2.05, 4.69) is 44.7 Å². The lowest BCUT2D eigenvalue weighted by Crippen LogP contribution is -2.43. The minimum Gasteiger partial charge on any atom is -0.491 e. The fourth-order valence-electron chi connectivity index (χ4n) is 3.00. The number of nitrogens with zero attached hydrogens (tertiary/aromatic N) is 1. The number of hydrogen-bond donors (Lipinski definition) is 1. The van der Waals surface area contributed by atoms with Gasteiger partial charge < -0.3 is 9.84 Å². The molecule has 3 nitrogen and oxygen atoms in total. The number of aliphatic hydroxyl groups is 1. The molecule has 0 radical (unpaired) electrons. The molecule has 0 aromatic heterocycles. The molecule has 4 heteroatoms. The zero-order chi connectivity index (χ0) is 16.2. The van der Waals surface area contributed by atoms with E-state index in [0.717, 1.165) is 12.3 Å². The van der Waals surface area contributed by atoms with Crippen LogP contribution in [-0.2, 0) is 5.41 Å². The van der Waals surface area contributed by atoms with E-state index in [9.17, 15) is 5.11 Å². The van der Waals surface area contributed by atoms with Crippen LogP contribution in [0.4, 0.5) is 0 Å². The highest BCUT2D eigenvalue weighted by molar-refractivity contribution is 5.85. The highest BCUT2D eigenvalue weighted by atomic mass is 35.5. The second kappa shape index (κ2) is 8.91. The second-order valence-electron chi connectivity index (χ2n) is 7.58. The van der Waals surface area contributed by atoms with Crippen LogP contribution in [0.2, 0.25) is 0 Å². The van der Waals surface area contributed by atoms with Crippen molar-refractivity contribution in [3.8, 4) is 5.75 Å². The Morgan fingerprint density at radius 2 is 1.87 bits per heavy atom.